The van der Waals surface area contributed by atoms with Crippen LogP contribution in [0.3, 0.4) is 0 Å². The lowest BCUT2D eigenvalue weighted by Crippen LogP contribution is -2.37. The Hall–Kier alpha value is -1.48. The Labute approximate surface area is 96.0 Å². The minimum atomic E-state index is -4.61. The molecule has 0 saturated carbocycles. The zero-order valence-corrected chi connectivity index (χ0v) is 9.27. The van der Waals surface area contributed by atoms with Crippen LogP contribution in [0.4, 0.5) is 24.5 Å². The first kappa shape index (κ1) is 13.6. The molecule has 0 aliphatic carbocycles. The van der Waals surface area contributed by atoms with Crippen molar-refractivity contribution in [1.82, 2.24) is 4.72 Å². The van der Waals surface area contributed by atoms with Crippen LogP contribution in [-0.2, 0) is 10.2 Å². The predicted molar refractivity (Wildman–Crippen MR) is 57.5 cm³/mol. The van der Waals surface area contributed by atoms with Crippen LogP contribution < -0.4 is 15.2 Å². The number of halogens is 3. The van der Waals surface area contributed by atoms with Crippen LogP contribution in [0.15, 0.2) is 24.3 Å². The number of alkyl halides is 3. The van der Waals surface area contributed by atoms with Gasteiger partial charge in [0.2, 0.25) is 0 Å². The summed E-state index contributed by atoms with van der Waals surface area (Å²) in [4.78, 5) is 0. The Morgan fingerprint density at radius 2 is 1.82 bits per heavy atom. The Morgan fingerprint density at radius 1 is 1.24 bits per heavy atom. The number of para-hydroxylation sites is 2. The fourth-order valence-corrected chi connectivity index (χ4v) is 1.85. The fourth-order valence-electron chi connectivity index (χ4n) is 0.948. The van der Waals surface area contributed by atoms with Gasteiger partial charge in [-0.1, -0.05) is 12.1 Å². The molecule has 1 rings (SSSR count). The molecule has 0 fully saturated rings. The van der Waals surface area contributed by atoms with Crippen LogP contribution in [0.5, 0.6) is 0 Å². The molecule has 0 aromatic heterocycles. The first-order valence-electron chi connectivity index (χ1n) is 4.38. The summed E-state index contributed by atoms with van der Waals surface area (Å²) in [6.45, 7) is -1.64. The maximum atomic E-state index is 11.8. The SMILES string of the molecule is Nc1ccccc1NS(=O)(=O)NCC(F)(F)F. The van der Waals surface area contributed by atoms with E-state index in [0.29, 0.717) is 0 Å². The Morgan fingerprint density at radius 3 is 2.35 bits per heavy atom. The van der Waals surface area contributed by atoms with E-state index in [9.17, 15) is 21.6 Å². The quantitative estimate of drug-likeness (QED) is 0.715. The molecular formula is C8H10F3N3O2S. The van der Waals surface area contributed by atoms with Crippen LogP contribution in [0.2, 0.25) is 0 Å². The smallest absolute Gasteiger partial charge is 0.397 e. The molecule has 9 heteroatoms. The van der Waals surface area contributed by atoms with Gasteiger partial charge in [-0.25, -0.2) is 0 Å². The molecule has 0 saturated heterocycles. The van der Waals surface area contributed by atoms with Gasteiger partial charge in [0.05, 0.1) is 11.4 Å². The second-order valence-corrected chi connectivity index (χ2v) is 4.63. The van der Waals surface area contributed by atoms with E-state index in [1.165, 1.54) is 22.9 Å². The number of nitrogens with two attached hydrogens (primary N) is 1. The molecular weight excluding hydrogens is 259 g/mol. The average molecular weight is 269 g/mol. The normalized spacial score (nSPS) is 12.4. The van der Waals surface area contributed by atoms with E-state index in [0.717, 1.165) is 0 Å². The molecule has 4 N–H and O–H groups in total. The molecule has 0 aliphatic heterocycles. The van der Waals surface area contributed by atoms with Gasteiger partial charge in [0.15, 0.2) is 0 Å². The van der Waals surface area contributed by atoms with Gasteiger partial charge in [0.25, 0.3) is 10.2 Å². The fraction of sp³-hybridized carbons (Fsp3) is 0.250. The van der Waals surface area contributed by atoms with E-state index in [1.807, 2.05) is 4.72 Å². The first-order chi connectivity index (χ1) is 7.70. The second-order valence-electron chi connectivity index (χ2n) is 3.13. The number of hydrogen-bond acceptors (Lipinski definition) is 3. The van der Waals surface area contributed by atoms with Gasteiger partial charge >= 0.3 is 6.18 Å². The standard InChI is InChI=1S/C8H10F3N3O2S/c9-8(10,11)5-13-17(15,16)14-7-4-2-1-3-6(7)12/h1-4,13-14H,5,12H2. The summed E-state index contributed by atoms with van der Waals surface area (Å²) in [7, 11) is -4.29. The van der Waals surface area contributed by atoms with Crippen molar-refractivity contribution in [2.75, 3.05) is 17.0 Å². The summed E-state index contributed by atoms with van der Waals surface area (Å²) in [5.41, 5.74) is 5.56. The van der Waals surface area contributed by atoms with Crippen molar-refractivity contribution in [3.8, 4) is 0 Å². The molecule has 1 aromatic rings. The number of nitrogen functional groups attached to an aromatic ring is 1. The zero-order valence-electron chi connectivity index (χ0n) is 8.45. The molecule has 0 radical (unpaired) electrons. The lowest BCUT2D eigenvalue weighted by Gasteiger charge is -2.12. The number of rotatable bonds is 4. The zero-order chi connectivity index (χ0) is 13.1. The van der Waals surface area contributed by atoms with Crippen molar-refractivity contribution in [3.63, 3.8) is 0 Å². The van der Waals surface area contributed by atoms with Gasteiger partial charge < -0.3 is 5.73 Å². The van der Waals surface area contributed by atoms with Crippen molar-refractivity contribution in [2.45, 2.75) is 6.18 Å². The highest BCUT2D eigenvalue weighted by Gasteiger charge is 2.29. The highest BCUT2D eigenvalue weighted by Crippen LogP contribution is 2.18. The van der Waals surface area contributed by atoms with Crippen LogP contribution in [-0.4, -0.2) is 21.1 Å². The van der Waals surface area contributed by atoms with E-state index in [2.05, 4.69) is 0 Å². The molecule has 0 unspecified atom stereocenters. The topological polar surface area (TPSA) is 84.2 Å². The minimum Gasteiger partial charge on any atom is -0.397 e. The molecule has 0 bridgehead atoms. The maximum Gasteiger partial charge on any atom is 0.402 e. The molecule has 0 atom stereocenters. The Kier molecular flexibility index (Phi) is 3.83. The van der Waals surface area contributed by atoms with E-state index >= 15 is 0 Å². The van der Waals surface area contributed by atoms with Crippen LogP contribution in [0.1, 0.15) is 0 Å². The van der Waals surface area contributed by atoms with Gasteiger partial charge in [-0.15, -0.1) is 0 Å². The third kappa shape index (κ3) is 4.91. The van der Waals surface area contributed by atoms with E-state index in [4.69, 9.17) is 5.73 Å². The van der Waals surface area contributed by atoms with Crippen molar-refractivity contribution in [2.24, 2.45) is 0 Å². The van der Waals surface area contributed by atoms with Gasteiger partial charge in [-0.3, -0.25) is 4.72 Å². The molecule has 0 aliphatic rings. The minimum absolute atomic E-state index is 0.0159. The van der Waals surface area contributed by atoms with Crippen molar-refractivity contribution >= 4 is 21.6 Å². The monoisotopic (exact) mass is 269 g/mol. The highest BCUT2D eigenvalue weighted by atomic mass is 32.2. The summed E-state index contributed by atoms with van der Waals surface area (Å²) < 4.78 is 61.2. The largest absolute Gasteiger partial charge is 0.402 e. The number of nitrogens with one attached hydrogen (secondary N) is 2. The lowest BCUT2D eigenvalue weighted by molar-refractivity contribution is -0.121. The Balaban J connectivity index is 2.71. The van der Waals surface area contributed by atoms with Crippen molar-refractivity contribution < 1.29 is 21.6 Å². The second kappa shape index (κ2) is 4.80. The molecule has 1 aromatic carbocycles. The van der Waals surface area contributed by atoms with E-state index < -0.39 is 22.9 Å². The molecule has 0 heterocycles. The Bertz CT molecular complexity index is 487. The number of anilines is 2. The van der Waals surface area contributed by atoms with Gasteiger partial charge in [0.1, 0.15) is 6.54 Å². The number of hydrogen-bond donors (Lipinski definition) is 3. The first-order valence-corrected chi connectivity index (χ1v) is 5.86. The molecule has 96 valence electrons. The third-order valence-electron chi connectivity index (χ3n) is 1.67. The van der Waals surface area contributed by atoms with E-state index in [1.54, 1.807) is 6.07 Å². The number of benzene rings is 1. The summed E-state index contributed by atoms with van der Waals surface area (Å²) in [5, 5.41) is 0. The van der Waals surface area contributed by atoms with E-state index in [-0.39, 0.29) is 11.4 Å². The summed E-state index contributed by atoms with van der Waals surface area (Å²) in [6.07, 6.45) is -4.61. The summed E-state index contributed by atoms with van der Waals surface area (Å²) in [6, 6.07) is 5.82. The molecule has 5 nitrogen and oxygen atoms in total. The lowest BCUT2D eigenvalue weighted by atomic mass is 10.3. The summed E-state index contributed by atoms with van der Waals surface area (Å²) >= 11 is 0. The molecule has 17 heavy (non-hydrogen) atoms. The van der Waals surface area contributed by atoms with Gasteiger partial charge in [0, 0.05) is 0 Å². The summed E-state index contributed by atoms with van der Waals surface area (Å²) in [5.74, 6) is 0. The molecule has 0 spiro atoms. The molecule has 0 amide bonds. The van der Waals surface area contributed by atoms with Gasteiger partial charge in [-0.05, 0) is 12.1 Å². The maximum absolute atomic E-state index is 11.8. The van der Waals surface area contributed by atoms with Crippen LogP contribution >= 0.6 is 0 Å². The van der Waals surface area contributed by atoms with Crippen molar-refractivity contribution in [1.29, 1.82) is 0 Å². The van der Waals surface area contributed by atoms with Gasteiger partial charge in [-0.2, -0.15) is 26.3 Å². The van der Waals surface area contributed by atoms with Crippen LogP contribution in [0, 0.1) is 0 Å². The van der Waals surface area contributed by atoms with Crippen molar-refractivity contribution in [3.05, 3.63) is 24.3 Å². The predicted octanol–water partition coefficient (Wildman–Crippen LogP) is 1.08. The highest BCUT2D eigenvalue weighted by molar-refractivity contribution is 7.90. The van der Waals surface area contributed by atoms with Crippen LogP contribution in [0.25, 0.3) is 0 Å². The third-order valence-corrected chi connectivity index (χ3v) is 2.68. The average Bonchev–Trinajstić information content (AvgIpc) is 2.18.